The van der Waals surface area contributed by atoms with Gasteiger partial charge in [0.2, 0.25) is 12.7 Å². The zero-order valence-electron chi connectivity index (χ0n) is 17.0. The zero-order chi connectivity index (χ0) is 19.1. The largest absolute Gasteiger partial charge is 0.327 e. The van der Waals surface area contributed by atoms with Gasteiger partial charge in [0.25, 0.3) is 0 Å². The summed E-state index contributed by atoms with van der Waals surface area (Å²) in [6, 6.07) is 7.49. The van der Waals surface area contributed by atoms with E-state index >= 15 is 0 Å². The Bertz CT molecular complexity index is 827. The molecule has 0 N–H and O–H groups in total. The van der Waals surface area contributed by atoms with Crippen LogP contribution in [0, 0.1) is 12.7 Å². The molecule has 0 atom stereocenters. The van der Waals surface area contributed by atoms with Crippen molar-refractivity contribution in [3.05, 3.63) is 61.2 Å². The fraction of sp³-hybridized carbons (Fsp3) is 0.455. The van der Waals surface area contributed by atoms with Crippen LogP contribution in [0.1, 0.15) is 66.1 Å². The van der Waals surface area contributed by atoms with Crippen LogP contribution in [0.2, 0.25) is 0 Å². The van der Waals surface area contributed by atoms with Gasteiger partial charge >= 0.3 is 0 Å². The predicted octanol–water partition coefficient (Wildman–Crippen LogP) is 3.90. The molecule has 0 amide bonds. The summed E-state index contributed by atoms with van der Waals surface area (Å²) < 4.78 is 8.33. The van der Waals surface area contributed by atoms with Crippen molar-refractivity contribution in [1.29, 1.82) is 0 Å². The highest BCUT2D eigenvalue weighted by Gasteiger charge is 2.16. The van der Waals surface area contributed by atoms with E-state index in [0.29, 0.717) is 12.1 Å². The molecule has 26 heavy (non-hydrogen) atoms. The van der Waals surface area contributed by atoms with Crippen molar-refractivity contribution in [2.45, 2.75) is 66.0 Å². The summed E-state index contributed by atoms with van der Waals surface area (Å²) in [5.41, 5.74) is 3.59. The van der Waals surface area contributed by atoms with E-state index in [1.54, 1.807) is 0 Å². The first-order valence-corrected chi connectivity index (χ1v) is 9.35. The van der Waals surface area contributed by atoms with Crippen molar-refractivity contribution in [3.63, 3.8) is 0 Å². The lowest BCUT2D eigenvalue weighted by Gasteiger charge is -2.22. The minimum absolute atomic E-state index is 0.0626. The average Bonchev–Trinajstić information content (AvgIpc) is 3.23. The molecule has 4 nitrogen and oxygen atoms in total. The summed E-state index contributed by atoms with van der Waals surface area (Å²) in [6.45, 7) is 15.4. The number of nitrogens with zero attached hydrogens (tertiary/aromatic N) is 4. The van der Waals surface area contributed by atoms with Crippen LogP contribution in [-0.2, 0) is 5.41 Å². The maximum atomic E-state index is 3.42. The van der Waals surface area contributed by atoms with E-state index in [-0.39, 0.29) is 5.41 Å². The number of hydrogen-bond acceptors (Lipinski definition) is 0. The third-order valence-corrected chi connectivity index (χ3v) is 4.64. The van der Waals surface area contributed by atoms with Crippen LogP contribution >= 0.6 is 0 Å². The third-order valence-electron chi connectivity index (χ3n) is 4.64. The van der Waals surface area contributed by atoms with Crippen molar-refractivity contribution in [2.24, 2.45) is 0 Å². The maximum absolute atomic E-state index is 3.42. The molecular formula is C22H30N4. The molecule has 3 rings (SSSR count). The second-order valence-electron chi connectivity index (χ2n) is 8.53. The van der Waals surface area contributed by atoms with E-state index in [0.717, 1.165) is 11.4 Å². The molecule has 0 bridgehead atoms. The first kappa shape index (κ1) is 18.4. The second-order valence-corrected chi connectivity index (χ2v) is 8.53. The second kappa shape index (κ2) is 6.75. The fourth-order valence-corrected chi connectivity index (χ4v) is 2.83. The molecule has 0 fully saturated rings. The van der Waals surface area contributed by atoms with Crippen LogP contribution in [0.3, 0.4) is 0 Å². The Labute approximate surface area is 157 Å². The smallest absolute Gasteiger partial charge is 0.243 e. The highest BCUT2D eigenvalue weighted by Crippen LogP contribution is 2.27. The normalized spacial score (nSPS) is 12.3. The lowest BCUT2D eigenvalue weighted by Crippen LogP contribution is -2.34. The first-order valence-electron chi connectivity index (χ1n) is 9.35. The summed E-state index contributed by atoms with van der Waals surface area (Å²) in [5, 5.41) is 0. The molecular weight excluding hydrogens is 320 g/mol. The van der Waals surface area contributed by atoms with E-state index in [1.165, 1.54) is 5.56 Å². The van der Waals surface area contributed by atoms with Crippen molar-refractivity contribution in [1.82, 2.24) is 9.13 Å². The Morgan fingerprint density at radius 1 is 0.769 bits per heavy atom. The number of aromatic nitrogens is 4. The van der Waals surface area contributed by atoms with Crippen LogP contribution in [0.15, 0.2) is 43.0 Å². The average molecular weight is 351 g/mol. The van der Waals surface area contributed by atoms with Crippen molar-refractivity contribution < 1.29 is 9.13 Å². The van der Waals surface area contributed by atoms with Crippen LogP contribution in [0.4, 0.5) is 0 Å². The van der Waals surface area contributed by atoms with Gasteiger partial charge in [0.1, 0.15) is 0 Å². The number of imidazole rings is 2. The van der Waals surface area contributed by atoms with E-state index < -0.39 is 0 Å². The van der Waals surface area contributed by atoms with Gasteiger partial charge in [-0.3, -0.25) is 0 Å². The minimum atomic E-state index is 0.0626. The molecule has 1 aromatic carbocycles. The number of rotatable bonds is 4. The van der Waals surface area contributed by atoms with Gasteiger partial charge in [0.15, 0.2) is 0 Å². The summed E-state index contributed by atoms with van der Waals surface area (Å²) in [4.78, 5) is 0. The van der Waals surface area contributed by atoms with Crippen molar-refractivity contribution in [3.8, 4) is 11.4 Å². The van der Waals surface area contributed by atoms with E-state index in [1.807, 2.05) is 0 Å². The topological polar surface area (TPSA) is 17.6 Å². The zero-order valence-corrected chi connectivity index (χ0v) is 17.0. The van der Waals surface area contributed by atoms with Gasteiger partial charge < -0.3 is 18.3 Å². The molecule has 0 unspecified atom stereocenters. The predicted molar refractivity (Wildman–Crippen MR) is 103 cm³/mol. The van der Waals surface area contributed by atoms with Crippen LogP contribution in [0.5, 0.6) is 0 Å². The molecule has 2 heterocycles. The molecule has 0 saturated carbocycles. The molecule has 0 aliphatic heterocycles. The molecule has 0 saturated heterocycles. The molecule has 4 heteroatoms. The lowest BCUT2D eigenvalue weighted by molar-refractivity contribution is -0.719. The highest BCUT2D eigenvalue weighted by atomic mass is 15.1. The van der Waals surface area contributed by atoms with Gasteiger partial charge in [-0.1, -0.05) is 44.5 Å². The Hall–Kier alpha value is -2.36. The molecule has 0 spiro atoms. The fourth-order valence-electron chi connectivity index (χ4n) is 2.83. The van der Waals surface area contributed by atoms with Crippen molar-refractivity contribution in [2.75, 3.05) is 0 Å². The SMILES string of the molecule is CC(C)[n+]1[c-]n(-c2cc(-n3[c-][n+](C(C)C)cc3)cc(C(C)(C)C)c2)cc1. The minimum Gasteiger partial charge on any atom is -0.327 e. The van der Waals surface area contributed by atoms with Crippen LogP contribution in [0.25, 0.3) is 11.4 Å². The monoisotopic (exact) mass is 350 g/mol. The van der Waals surface area contributed by atoms with Gasteiger partial charge in [0, 0.05) is 36.2 Å². The Morgan fingerprint density at radius 3 is 1.50 bits per heavy atom. The third kappa shape index (κ3) is 3.74. The summed E-state index contributed by atoms with van der Waals surface area (Å²) in [6.07, 6.45) is 15.1. The molecule has 2 aromatic heterocycles. The summed E-state index contributed by atoms with van der Waals surface area (Å²) in [5.74, 6) is 0. The van der Waals surface area contributed by atoms with E-state index in [9.17, 15) is 0 Å². The Morgan fingerprint density at radius 2 is 1.19 bits per heavy atom. The maximum Gasteiger partial charge on any atom is 0.243 e. The van der Waals surface area contributed by atoms with Gasteiger partial charge in [-0.05, 0) is 33.1 Å². The highest BCUT2D eigenvalue weighted by molar-refractivity contribution is 5.49. The standard InChI is InChI=1S/C22H30N4/c1-17(2)23-8-10-25(15-23)20-12-19(22(5,6)7)13-21(14-20)26-11-9-24(16-26)18(3)4/h8-14,17-18H,1-7H3. The van der Waals surface area contributed by atoms with E-state index in [2.05, 4.69) is 122 Å². The summed E-state index contributed by atoms with van der Waals surface area (Å²) in [7, 11) is 0. The Kier molecular flexibility index (Phi) is 4.78. The first-order chi connectivity index (χ1) is 12.1. The van der Waals surface area contributed by atoms with Gasteiger partial charge in [-0.2, -0.15) is 0 Å². The molecule has 0 radical (unpaired) electrons. The van der Waals surface area contributed by atoms with Gasteiger partial charge in [-0.15, -0.1) is 0 Å². The molecule has 138 valence electrons. The quantitative estimate of drug-likeness (QED) is 0.502. The van der Waals surface area contributed by atoms with Crippen LogP contribution in [-0.4, -0.2) is 9.13 Å². The Balaban J connectivity index is 2.12. The lowest BCUT2D eigenvalue weighted by atomic mass is 9.86. The number of benzene rings is 1. The van der Waals surface area contributed by atoms with Gasteiger partial charge in [0.05, 0.1) is 12.1 Å². The number of hydrogen-bond donors (Lipinski definition) is 0. The van der Waals surface area contributed by atoms with Gasteiger partial charge in [-0.25, -0.2) is 0 Å². The summed E-state index contributed by atoms with van der Waals surface area (Å²) >= 11 is 0. The molecule has 3 aromatic rings. The molecule has 0 aliphatic rings. The molecule has 0 aliphatic carbocycles. The van der Waals surface area contributed by atoms with Crippen LogP contribution < -0.4 is 9.13 Å². The van der Waals surface area contributed by atoms with E-state index in [4.69, 9.17) is 0 Å². The van der Waals surface area contributed by atoms with Crippen molar-refractivity contribution >= 4 is 0 Å².